The summed E-state index contributed by atoms with van der Waals surface area (Å²) in [5.41, 5.74) is 1.61. The lowest BCUT2D eigenvalue weighted by Crippen LogP contribution is -2.10. The van der Waals surface area contributed by atoms with E-state index in [4.69, 9.17) is 4.74 Å². The second-order valence-electron chi connectivity index (χ2n) is 3.78. The average Bonchev–Trinajstić information content (AvgIpc) is 2.97. The lowest BCUT2D eigenvalue weighted by atomic mass is 10.1. The van der Waals surface area contributed by atoms with Crippen LogP contribution in [-0.2, 0) is 6.54 Å². The van der Waals surface area contributed by atoms with Crippen molar-refractivity contribution in [3.05, 3.63) is 34.3 Å². The number of aliphatic hydroxyl groups excluding tert-OH is 1. The molecule has 0 radical (unpaired) electrons. The SMILES string of the molecule is CCCn1ncc(OC)c1C(O)c1ccsc1. The maximum absolute atomic E-state index is 10.4. The summed E-state index contributed by atoms with van der Waals surface area (Å²) in [6, 6.07) is 1.91. The van der Waals surface area contributed by atoms with Crippen molar-refractivity contribution in [3.8, 4) is 5.75 Å². The van der Waals surface area contributed by atoms with E-state index >= 15 is 0 Å². The molecule has 2 aromatic heterocycles. The fraction of sp³-hybridized carbons (Fsp3) is 0.417. The first kappa shape index (κ1) is 12.1. The monoisotopic (exact) mass is 252 g/mol. The summed E-state index contributed by atoms with van der Waals surface area (Å²) in [5.74, 6) is 0.636. The molecule has 2 heterocycles. The van der Waals surface area contributed by atoms with Crippen molar-refractivity contribution in [1.82, 2.24) is 9.78 Å². The number of hydrogen-bond donors (Lipinski definition) is 1. The van der Waals surface area contributed by atoms with Crippen LogP contribution < -0.4 is 4.74 Å². The predicted octanol–water partition coefficient (Wildman–Crippen LogP) is 2.44. The Kier molecular flexibility index (Phi) is 3.81. The highest BCUT2D eigenvalue weighted by molar-refractivity contribution is 7.07. The number of hydrogen-bond acceptors (Lipinski definition) is 4. The van der Waals surface area contributed by atoms with Crippen molar-refractivity contribution >= 4 is 11.3 Å². The number of rotatable bonds is 5. The number of ether oxygens (including phenoxy) is 1. The first-order chi connectivity index (χ1) is 8.27. The van der Waals surface area contributed by atoms with Gasteiger partial charge in [-0.15, -0.1) is 0 Å². The van der Waals surface area contributed by atoms with Crippen LogP contribution in [0.25, 0.3) is 0 Å². The highest BCUT2D eigenvalue weighted by Crippen LogP contribution is 2.30. The van der Waals surface area contributed by atoms with Crippen LogP contribution in [0.1, 0.15) is 30.7 Å². The lowest BCUT2D eigenvalue weighted by Gasteiger charge is -2.13. The van der Waals surface area contributed by atoms with Crippen LogP contribution in [0, 0.1) is 0 Å². The Morgan fingerprint density at radius 2 is 2.41 bits per heavy atom. The number of aryl methyl sites for hydroxylation is 1. The Balaban J connectivity index is 2.38. The standard InChI is InChI=1S/C12H16N2O2S/c1-3-5-14-11(10(16-2)7-13-14)12(15)9-4-6-17-8-9/h4,6-8,12,15H,3,5H2,1-2H3. The van der Waals surface area contributed by atoms with Gasteiger partial charge in [0.05, 0.1) is 13.3 Å². The zero-order valence-electron chi connectivity index (χ0n) is 9.96. The maximum atomic E-state index is 10.4. The van der Waals surface area contributed by atoms with E-state index in [2.05, 4.69) is 12.0 Å². The van der Waals surface area contributed by atoms with Gasteiger partial charge >= 0.3 is 0 Å². The fourth-order valence-corrected chi connectivity index (χ4v) is 2.47. The number of methoxy groups -OCH3 is 1. The minimum Gasteiger partial charge on any atom is -0.493 e. The molecule has 0 saturated carbocycles. The second kappa shape index (κ2) is 5.33. The van der Waals surface area contributed by atoms with Crippen molar-refractivity contribution in [2.24, 2.45) is 0 Å². The van der Waals surface area contributed by atoms with Gasteiger partial charge in [-0.3, -0.25) is 4.68 Å². The summed E-state index contributed by atoms with van der Waals surface area (Å²) < 4.78 is 7.06. The Bertz CT molecular complexity index is 465. The lowest BCUT2D eigenvalue weighted by molar-refractivity contribution is 0.202. The molecule has 2 aromatic rings. The summed E-state index contributed by atoms with van der Waals surface area (Å²) in [4.78, 5) is 0. The molecule has 17 heavy (non-hydrogen) atoms. The molecule has 0 aliphatic rings. The predicted molar refractivity (Wildman–Crippen MR) is 67.5 cm³/mol. The molecule has 0 fully saturated rings. The minimum absolute atomic E-state index is 0.636. The van der Waals surface area contributed by atoms with Gasteiger partial charge < -0.3 is 9.84 Å². The van der Waals surface area contributed by atoms with Crippen molar-refractivity contribution < 1.29 is 9.84 Å². The van der Waals surface area contributed by atoms with E-state index in [1.165, 1.54) is 0 Å². The van der Waals surface area contributed by atoms with Crippen LogP contribution in [0.2, 0.25) is 0 Å². The molecule has 92 valence electrons. The summed E-state index contributed by atoms with van der Waals surface area (Å²) in [5, 5.41) is 18.5. The van der Waals surface area contributed by atoms with Gasteiger partial charge in [0.15, 0.2) is 5.75 Å². The highest BCUT2D eigenvalue weighted by Gasteiger charge is 2.21. The smallest absolute Gasteiger partial charge is 0.163 e. The van der Waals surface area contributed by atoms with E-state index in [-0.39, 0.29) is 0 Å². The van der Waals surface area contributed by atoms with Gasteiger partial charge in [-0.25, -0.2) is 0 Å². The van der Waals surface area contributed by atoms with Gasteiger partial charge in [-0.1, -0.05) is 6.92 Å². The summed E-state index contributed by atoms with van der Waals surface area (Å²) in [7, 11) is 1.59. The zero-order valence-corrected chi connectivity index (χ0v) is 10.8. The van der Waals surface area contributed by atoms with E-state index in [0.29, 0.717) is 5.75 Å². The average molecular weight is 252 g/mol. The van der Waals surface area contributed by atoms with Crippen molar-refractivity contribution in [3.63, 3.8) is 0 Å². The zero-order chi connectivity index (χ0) is 12.3. The van der Waals surface area contributed by atoms with Crippen LogP contribution in [-0.4, -0.2) is 22.0 Å². The third-order valence-corrected chi connectivity index (χ3v) is 3.32. The van der Waals surface area contributed by atoms with Gasteiger partial charge in [-0.05, 0) is 28.8 Å². The topological polar surface area (TPSA) is 47.3 Å². The molecule has 0 saturated heterocycles. The summed E-state index contributed by atoms with van der Waals surface area (Å²) in [6.07, 6.45) is 1.94. The maximum Gasteiger partial charge on any atom is 0.163 e. The molecule has 2 rings (SSSR count). The summed E-state index contributed by atoms with van der Waals surface area (Å²) in [6.45, 7) is 2.86. The minimum atomic E-state index is -0.676. The third kappa shape index (κ3) is 2.35. The van der Waals surface area contributed by atoms with Gasteiger partial charge in [0, 0.05) is 6.54 Å². The Labute approximate surface area is 104 Å². The van der Waals surface area contributed by atoms with Crippen molar-refractivity contribution in [2.75, 3.05) is 7.11 Å². The van der Waals surface area contributed by atoms with Crippen LogP contribution in [0.15, 0.2) is 23.0 Å². The van der Waals surface area contributed by atoms with E-state index in [1.807, 2.05) is 16.8 Å². The Morgan fingerprint density at radius 1 is 1.59 bits per heavy atom. The van der Waals surface area contributed by atoms with Gasteiger partial charge in [0.25, 0.3) is 0 Å². The molecular weight excluding hydrogens is 236 g/mol. The number of aromatic nitrogens is 2. The quantitative estimate of drug-likeness (QED) is 0.889. The third-order valence-electron chi connectivity index (χ3n) is 2.62. The first-order valence-electron chi connectivity index (χ1n) is 5.57. The fourth-order valence-electron chi connectivity index (χ4n) is 1.79. The largest absolute Gasteiger partial charge is 0.493 e. The molecule has 1 N–H and O–H groups in total. The number of nitrogens with zero attached hydrogens (tertiary/aromatic N) is 2. The molecule has 1 unspecified atom stereocenters. The molecule has 5 heteroatoms. The van der Waals surface area contributed by atoms with Gasteiger partial charge in [-0.2, -0.15) is 16.4 Å². The molecule has 4 nitrogen and oxygen atoms in total. The van der Waals surface area contributed by atoms with Crippen LogP contribution >= 0.6 is 11.3 Å². The van der Waals surface area contributed by atoms with E-state index in [9.17, 15) is 5.11 Å². The Hall–Kier alpha value is -1.33. The van der Waals surface area contributed by atoms with E-state index < -0.39 is 6.10 Å². The van der Waals surface area contributed by atoms with Crippen LogP contribution in [0.5, 0.6) is 5.75 Å². The number of thiophene rings is 1. The summed E-state index contributed by atoms with van der Waals surface area (Å²) >= 11 is 1.57. The molecule has 0 aliphatic heterocycles. The molecule has 0 aromatic carbocycles. The molecule has 1 atom stereocenters. The molecule has 0 aliphatic carbocycles. The number of aliphatic hydroxyl groups is 1. The highest BCUT2D eigenvalue weighted by atomic mass is 32.1. The van der Waals surface area contributed by atoms with Gasteiger partial charge in [0.2, 0.25) is 0 Å². The van der Waals surface area contributed by atoms with Crippen LogP contribution in [0.4, 0.5) is 0 Å². The van der Waals surface area contributed by atoms with Crippen molar-refractivity contribution in [1.29, 1.82) is 0 Å². The van der Waals surface area contributed by atoms with Gasteiger partial charge in [0.1, 0.15) is 11.8 Å². The molecule has 0 spiro atoms. The van der Waals surface area contributed by atoms with Crippen LogP contribution in [0.3, 0.4) is 0 Å². The first-order valence-corrected chi connectivity index (χ1v) is 6.52. The molecular formula is C12H16N2O2S. The second-order valence-corrected chi connectivity index (χ2v) is 4.56. The Morgan fingerprint density at radius 3 is 3.00 bits per heavy atom. The normalized spacial score (nSPS) is 12.6. The van der Waals surface area contributed by atoms with E-state index in [0.717, 1.165) is 24.2 Å². The van der Waals surface area contributed by atoms with Crippen molar-refractivity contribution in [2.45, 2.75) is 26.0 Å². The molecule has 0 bridgehead atoms. The van der Waals surface area contributed by atoms with E-state index in [1.54, 1.807) is 29.3 Å². The molecule has 0 amide bonds.